The summed E-state index contributed by atoms with van der Waals surface area (Å²) in [5.41, 5.74) is 1.30. The fraction of sp³-hybridized carbons (Fsp3) is 0.400. The van der Waals surface area contributed by atoms with Crippen molar-refractivity contribution in [2.75, 3.05) is 11.9 Å². The number of nitrogens with zero attached hydrogens (tertiary/aromatic N) is 2. The molecule has 3 rings (SSSR count). The fourth-order valence-corrected chi connectivity index (χ4v) is 2.06. The fourth-order valence-electron chi connectivity index (χ4n) is 2.06. The Labute approximate surface area is 135 Å². The Bertz CT molecular complexity index is 708. The smallest absolute Gasteiger partial charge is 0.338 e. The lowest BCUT2D eigenvalue weighted by molar-refractivity contribution is -0.159. The summed E-state index contributed by atoms with van der Waals surface area (Å²) in [4.78, 5) is 15.0. The molecule has 0 unspecified atom stereocenters. The average molecular weight is 340 g/mol. The zero-order valence-electron chi connectivity index (χ0n) is 12.6. The van der Waals surface area contributed by atoms with E-state index in [2.05, 4.69) is 25.3 Å². The van der Waals surface area contributed by atoms with Crippen LogP contribution in [0.1, 0.15) is 30.1 Å². The molecule has 2 amide bonds. The van der Waals surface area contributed by atoms with Crippen molar-refractivity contribution in [1.82, 2.24) is 15.5 Å². The van der Waals surface area contributed by atoms with E-state index in [1.807, 2.05) is 0 Å². The highest BCUT2D eigenvalue weighted by Crippen LogP contribution is 2.28. The Morgan fingerprint density at radius 3 is 2.54 bits per heavy atom. The molecule has 0 saturated heterocycles. The zero-order chi connectivity index (χ0) is 17.2. The van der Waals surface area contributed by atoms with Crippen molar-refractivity contribution in [2.24, 2.45) is 5.92 Å². The van der Waals surface area contributed by atoms with Gasteiger partial charge in [-0.15, -0.1) is 0 Å². The number of hydrogen-bond acceptors (Lipinski definition) is 4. The molecule has 128 valence electrons. The molecular formula is C15H15F3N4O2. The summed E-state index contributed by atoms with van der Waals surface area (Å²) in [5, 5.41) is 8.78. The van der Waals surface area contributed by atoms with E-state index in [4.69, 9.17) is 0 Å². The number of alkyl halides is 3. The molecule has 1 saturated carbocycles. The van der Waals surface area contributed by atoms with Gasteiger partial charge in [-0.3, -0.25) is 0 Å². The number of hydrogen-bond donors (Lipinski definition) is 2. The van der Waals surface area contributed by atoms with E-state index in [1.54, 1.807) is 24.3 Å². The van der Waals surface area contributed by atoms with E-state index in [9.17, 15) is 18.0 Å². The summed E-state index contributed by atoms with van der Waals surface area (Å²) in [6.45, 7) is 0.670. The number of anilines is 1. The Hall–Kier alpha value is -2.58. The molecule has 1 aliphatic rings. The van der Waals surface area contributed by atoms with Crippen molar-refractivity contribution in [1.29, 1.82) is 0 Å². The van der Waals surface area contributed by atoms with Crippen LogP contribution in [0.4, 0.5) is 23.7 Å². The molecular weight excluding hydrogens is 325 g/mol. The van der Waals surface area contributed by atoms with Crippen LogP contribution in [0.5, 0.6) is 0 Å². The van der Waals surface area contributed by atoms with E-state index in [-0.39, 0.29) is 18.3 Å². The molecule has 0 bridgehead atoms. The van der Waals surface area contributed by atoms with Gasteiger partial charge < -0.3 is 15.2 Å². The first-order valence-corrected chi connectivity index (χ1v) is 7.44. The third kappa shape index (κ3) is 4.46. The lowest BCUT2D eigenvalue weighted by Gasteiger charge is -2.07. The summed E-state index contributed by atoms with van der Waals surface area (Å²) >= 11 is 0. The lowest BCUT2D eigenvalue weighted by Crippen LogP contribution is -2.30. The number of rotatable bonds is 5. The van der Waals surface area contributed by atoms with Crippen LogP contribution in [-0.2, 0) is 12.6 Å². The van der Waals surface area contributed by atoms with Gasteiger partial charge >= 0.3 is 18.1 Å². The van der Waals surface area contributed by atoms with Gasteiger partial charge in [0.15, 0.2) is 5.82 Å². The predicted molar refractivity (Wildman–Crippen MR) is 78.3 cm³/mol. The maximum atomic E-state index is 12.4. The molecule has 24 heavy (non-hydrogen) atoms. The second-order valence-electron chi connectivity index (χ2n) is 5.67. The maximum absolute atomic E-state index is 12.4. The molecule has 1 aromatic heterocycles. The monoisotopic (exact) mass is 340 g/mol. The van der Waals surface area contributed by atoms with E-state index < -0.39 is 12.1 Å². The highest BCUT2D eigenvalue weighted by atomic mass is 19.4. The quantitative estimate of drug-likeness (QED) is 0.876. The number of carbonyl (C=O) groups excluding carboxylic acids is 1. The van der Waals surface area contributed by atoms with Crippen LogP contribution in [0.15, 0.2) is 28.8 Å². The van der Waals surface area contributed by atoms with Crippen LogP contribution >= 0.6 is 0 Å². The van der Waals surface area contributed by atoms with E-state index in [0.29, 0.717) is 23.7 Å². The molecule has 1 aromatic carbocycles. The van der Waals surface area contributed by atoms with Gasteiger partial charge in [-0.25, -0.2) is 4.79 Å². The number of nitrogens with one attached hydrogen (secondary N) is 2. The molecule has 0 aliphatic heterocycles. The minimum Gasteiger partial charge on any atom is -0.338 e. The van der Waals surface area contributed by atoms with Crippen LogP contribution in [0.25, 0.3) is 0 Å². The first kappa shape index (κ1) is 16.3. The topological polar surface area (TPSA) is 80.0 Å². The van der Waals surface area contributed by atoms with E-state index in [0.717, 1.165) is 12.8 Å². The Morgan fingerprint density at radius 1 is 1.25 bits per heavy atom. The van der Waals surface area contributed by atoms with Gasteiger partial charge in [-0.1, -0.05) is 17.3 Å². The van der Waals surface area contributed by atoms with Gasteiger partial charge in [-0.2, -0.15) is 18.2 Å². The molecule has 2 aromatic rings. The number of amides is 2. The molecule has 0 atom stereocenters. The lowest BCUT2D eigenvalue weighted by atomic mass is 10.1. The van der Waals surface area contributed by atoms with E-state index >= 15 is 0 Å². The molecule has 1 fully saturated rings. The summed E-state index contributed by atoms with van der Waals surface area (Å²) in [6.07, 6.45) is -2.23. The zero-order valence-corrected chi connectivity index (χ0v) is 12.6. The molecule has 1 aliphatic carbocycles. The minimum absolute atomic E-state index is 0.0507. The Kier molecular flexibility index (Phi) is 4.41. The number of carbonyl (C=O) groups is 1. The van der Waals surface area contributed by atoms with E-state index in [1.165, 1.54) is 0 Å². The largest absolute Gasteiger partial charge is 0.471 e. The molecule has 0 radical (unpaired) electrons. The highest BCUT2D eigenvalue weighted by molar-refractivity contribution is 5.89. The Morgan fingerprint density at radius 2 is 1.96 bits per heavy atom. The van der Waals surface area contributed by atoms with Gasteiger partial charge in [0.25, 0.3) is 0 Å². The van der Waals surface area contributed by atoms with Gasteiger partial charge in [0.2, 0.25) is 0 Å². The third-order valence-corrected chi connectivity index (χ3v) is 3.53. The van der Waals surface area contributed by atoms with Gasteiger partial charge in [0.1, 0.15) is 0 Å². The summed E-state index contributed by atoms with van der Waals surface area (Å²) in [6, 6.07) is 6.41. The van der Waals surface area contributed by atoms with Crippen LogP contribution in [0.3, 0.4) is 0 Å². The van der Waals surface area contributed by atoms with Crippen LogP contribution < -0.4 is 10.6 Å². The number of urea groups is 1. The molecule has 0 spiro atoms. The first-order chi connectivity index (χ1) is 11.4. The third-order valence-electron chi connectivity index (χ3n) is 3.53. The Balaban J connectivity index is 1.54. The standard InChI is InChI=1S/C15H15F3N4O2/c16-15(17,18)13-21-12(22-24-13)7-9-3-5-11(6-4-9)20-14(23)19-8-10-1-2-10/h3-6,10H,1-2,7-8H2,(H2,19,20,23). The van der Waals surface area contributed by atoms with Crippen molar-refractivity contribution in [3.8, 4) is 0 Å². The number of benzene rings is 1. The highest BCUT2D eigenvalue weighted by Gasteiger charge is 2.38. The number of aromatic nitrogens is 2. The van der Waals surface area contributed by atoms with Gasteiger partial charge in [0.05, 0.1) is 0 Å². The molecule has 9 heteroatoms. The normalized spacial score (nSPS) is 14.5. The molecule has 6 nitrogen and oxygen atoms in total. The van der Waals surface area contributed by atoms with Crippen LogP contribution in [0, 0.1) is 5.92 Å². The van der Waals surface area contributed by atoms with Crippen molar-refractivity contribution in [2.45, 2.75) is 25.4 Å². The summed E-state index contributed by atoms with van der Waals surface area (Å²) in [7, 11) is 0. The van der Waals surface area contributed by atoms with Crippen LogP contribution in [0.2, 0.25) is 0 Å². The second-order valence-corrected chi connectivity index (χ2v) is 5.67. The second kappa shape index (κ2) is 6.50. The van der Waals surface area contributed by atoms with Crippen molar-refractivity contribution in [3.05, 3.63) is 41.5 Å². The van der Waals surface area contributed by atoms with Crippen molar-refractivity contribution in [3.63, 3.8) is 0 Å². The SMILES string of the molecule is O=C(NCC1CC1)Nc1ccc(Cc2noc(C(F)(F)F)n2)cc1. The van der Waals surface area contributed by atoms with Gasteiger partial charge in [-0.05, 0) is 36.5 Å². The van der Waals surface area contributed by atoms with Crippen molar-refractivity contribution >= 4 is 11.7 Å². The maximum Gasteiger partial charge on any atom is 0.471 e. The minimum atomic E-state index is -4.65. The van der Waals surface area contributed by atoms with Crippen LogP contribution in [-0.4, -0.2) is 22.7 Å². The average Bonchev–Trinajstić information content (AvgIpc) is 3.23. The number of halogens is 3. The van der Waals surface area contributed by atoms with Gasteiger partial charge in [0, 0.05) is 18.7 Å². The predicted octanol–water partition coefficient (Wildman–Crippen LogP) is 3.21. The van der Waals surface area contributed by atoms with Crippen molar-refractivity contribution < 1.29 is 22.5 Å². The molecule has 2 N–H and O–H groups in total. The summed E-state index contributed by atoms with van der Waals surface area (Å²) < 4.78 is 41.3. The first-order valence-electron chi connectivity index (χ1n) is 7.44. The summed E-state index contributed by atoms with van der Waals surface area (Å²) in [5.74, 6) is -0.817. The molecule has 1 heterocycles.